The maximum atomic E-state index is 12.1. The van der Waals surface area contributed by atoms with Gasteiger partial charge in [0.2, 0.25) is 5.91 Å². The Kier molecular flexibility index (Phi) is 4.12. The lowest BCUT2D eigenvalue weighted by Crippen LogP contribution is -2.28. The normalized spacial score (nSPS) is 20.8. The fraction of sp³-hybridized carbons (Fsp3) is 0.500. The third-order valence-corrected chi connectivity index (χ3v) is 3.87. The summed E-state index contributed by atoms with van der Waals surface area (Å²) in [6, 6.07) is 8.21. The Labute approximate surface area is 119 Å². The van der Waals surface area contributed by atoms with Crippen molar-refractivity contribution in [3.05, 3.63) is 35.4 Å². The number of hydrogen-bond donors (Lipinski definition) is 1. The molecule has 1 saturated carbocycles. The summed E-state index contributed by atoms with van der Waals surface area (Å²) in [5, 5.41) is 8.86. The standard InChI is InChI=1S/C16H21NO3/c1-10(2)12-6-4-11(5-7-12)9-17(3)15(18)13-8-14(13)16(19)20/h4-7,10,13-14H,8-9H2,1-3H3,(H,19,20)/t13-,14+/m1/s1. The highest BCUT2D eigenvalue weighted by molar-refractivity contribution is 5.89. The first-order chi connectivity index (χ1) is 9.40. The van der Waals surface area contributed by atoms with E-state index in [0.717, 1.165) is 5.56 Å². The molecule has 0 radical (unpaired) electrons. The first-order valence-corrected chi connectivity index (χ1v) is 6.96. The minimum Gasteiger partial charge on any atom is -0.481 e. The van der Waals surface area contributed by atoms with Gasteiger partial charge in [0, 0.05) is 13.6 Å². The van der Waals surface area contributed by atoms with Crippen molar-refractivity contribution in [3.63, 3.8) is 0 Å². The van der Waals surface area contributed by atoms with Crippen molar-refractivity contribution in [2.75, 3.05) is 7.05 Å². The van der Waals surface area contributed by atoms with Crippen LogP contribution in [0.25, 0.3) is 0 Å². The van der Waals surface area contributed by atoms with E-state index >= 15 is 0 Å². The van der Waals surface area contributed by atoms with Gasteiger partial charge in [-0.2, -0.15) is 0 Å². The van der Waals surface area contributed by atoms with Crippen LogP contribution >= 0.6 is 0 Å². The van der Waals surface area contributed by atoms with Crippen LogP contribution in [0, 0.1) is 11.8 Å². The first-order valence-electron chi connectivity index (χ1n) is 6.96. The van der Waals surface area contributed by atoms with Crippen LogP contribution < -0.4 is 0 Å². The van der Waals surface area contributed by atoms with Crippen molar-refractivity contribution in [2.24, 2.45) is 11.8 Å². The van der Waals surface area contributed by atoms with Crippen LogP contribution in [0.2, 0.25) is 0 Å². The molecule has 108 valence electrons. The zero-order chi connectivity index (χ0) is 14.9. The number of aliphatic carboxylic acids is 1. The van der Waals surface area contributed by atoms with Crippen molar-refractivity contribution in [1.82, 2.24) is 4.90 Å². The van der Waals surface area contributed by atoms with Crippen LogP contribution in [0.15, 0.2) is 24.3 Å². The molecule has 4 nitrogen and oxygen atoms in total. The molecule has 1 amide bonds. The van der Waals surface area contributed by atoms with E-state index in [9.17, 15) is 9.59 Å². The summed E-state index contributed by atoms with van der Waals surface area (Å²) in [4.78, 5) is 24.5. The summed E-state index contributed by atoms with van der Waals surface area (Å²) in [5.74, 6) is -1.24. The Morgan fingerprint density at radius 2 is 1.85 bits per heavy atom. The second-order valence-electron chi connectivity index (χ2n) is 5.88. The van der Waals surface area contributed by atoms with Crippen LogP contribution in [-0.4, -0.2) is 28.9 Å². The van der Waals surface area contributed by atoms with Gasteiger partial charge in [-0.25, -0.2) is 0 Å². The van der Waals surface area contributed by atoms with Crippen LogP contribution in [0.5, 0.6) is 0 Å². The number of carboxylic acids is 1. The van der Waals surface area contributed by atoms with Gasteiger partial charge in [0.15, 0.2) is 0 Å². The van der Waals surface area contributed by atoms with E-state index < -0.39 is 11.9 Å². The largest absolute Gasteiger partial charge is 0.481 e. The molecular formula is C16H21NO3. The average Bonchev–Trinajstić information content (AvgIpc) is 3.18. The van der Waals surface area contributed by atoms with Gasteiger partial charge in [0.25, 0.3) is 0 Å². The topological polar surface area (TPSA) is 57.6 Å². The minimum absolute atomic E-state index is 0.0645. The molecule has 0 bridgehead atoms. The third kappa shape index (κ3) is 3.18. The number of carbonyl (C=O) groups excluding carboxylic acids is 1. The molecule has 1 aliphatic rings. The van der Waals surface area contributed by atoms with Crippen LogP contribution in [0.1, 0.15) is 37.3 Å². The van der Waals surface area contributed by atoms with Crippen LogP contribution in [0.4, 0.5) is 0 Å². The molecule has 0 aromatic heterocycles. The summed E-state index contributed by atoms with van der Waals surface area (Å²) in [6.07, 6.45) is 0.477. The minimum atomic E-state index is -0.863. The van der Waals surface area contributed by atoms with E-state index in [1.54, 1.807) is 11.9 Å². The molecule has 2 rings (SSSR count). The monoisotopic (exact) mass is 275 g/mol. The predicted molar refractivity (Wildman–Crippen MR) is 76.2 cm³/mol. The van der Waals surface area contributed by atoms with Gasteiger partial charge in [-0.05, 0) is 23.5 Å². The van der Waals surface area contributed by atoms with Crippen molar-refractivity contribution >= 4 is 11.9 Å². The lowest BCUT2D eigenvalue weighted by atomic mass is 10.0. The van der Waals surface area contributed by atoms with Gasteiger partial charge in [-0.1, -0.05) is 38.1 Å². The van der Waals surface area contributed by atoms with E-state index in [4.69, 9.17) is 5.11 Å². The Bertz CT molecular complexity index is 507. The molecule has 1 N–H and O–H groups in total. The number of rotatable bonds is 5. The van der Waals surface area contributed by atoms with E-state index in [-0.39, 0.29) is 11.8 Å². The van der Waals surface area contributed by atoms with E-state index in [1.165, 1.54) is 5.56 Å². The molecular weight excluding hydrogens is 254 g/mol. The number of amides is 1. The molecule has 0 heterocycles. The molecule has 0 spiro atoms. The SMILES string of the molecule is CC(C)c1ccc(CN(C)C(=O)[C@@H]2C[C@@H]2C(=O)O)cc1. The molecule has 0 aliphatic heterocycles. The Balaban J connectivity index is 1.93. The first kappa shape index (κ1) is 14.6. The highest BCUT2D eigenvalue weighted by Gasteiger charge is 2.49. The van der Waals surface area contributed by atoms with Gasteiger partial charge >= 0.3 is 5.97 Å². The molecule has 0 unspecified atom stereocenters. The molecule has 4 heteroatoms. The summed E-state index contributed by atoms with van der Waals surface area (Å²) in [5.41, 5.74) is 2.34. The highest BCUT2D eigenvalue weighted by Crippen LogP contribution is 2.40. The predicted octanol–water partition coefficient (Wildman–Crippen LogP) is 2.49. The fourth-order valence-corrected chi connectivity index (χ4v) is 2.38. The summed E-state index contributed by atoms with van der Waals surface area (Å²) in [6.45, 7) is 4.81. The molecule has 1 aromatic rings. The van der Waals surface area contributed by atoms with Gasteiger partial charge in [0.1, 0.15) is 0 Å². The van der Waals surface area contributed by atoms with E-state index in [0.29, 0.717) is 18.9 Å². The Morgan fingerprint density at radius 3 is 2.30 bits per heavy atom. The van der Waals surface area contributed by atoms with Crippen molar-refractivity contribution in [1.29, 1.82) is 0 Å². The molecule has 0 saturated heterocycles. The van der Waals surface area contributed by atoms with E-state index in [2.05, 4.69) is 26.0 Å². The van der Waals surface area contributed by atoms with Gasteiger partial charge < -0.3 is 10.0 Å². The Morgan fingerprint density at radius 1 is 1.25 bits per heavy atom. The van der Waals surface area contributed by atoms with Crippen molar-refractivity contribution < 1.29 is 14.7 Å². The zero-order valence-corrected chi connectivity index (χ0v) is 12.2. The van der Waals surface area contributed by atoms with Crippen LogP contribution in [0.3, 0.4) is 0 Å². The maximum Gasteiger partial charge on any atom is 0.307 e. The highest BCUT2D eigenvalue weighted by atomic mass is 16.4. The lowest BCUT2D eigenvalue weighted by molar-refractivity contribution is -0.141. The summed E-state index contributed by atoms with van der Waals surface area (Å²) in [7, 11) is 1.73. The lowest BCUT2D eigenvalue weighted by Gasteiger charge is -2.17. The second kappa shape index (κ2) is 5.65. The number of benzene rings is 1. The number of nitrogens with zero attached hydrogens (tertiary/aromatic N) is 1. The fourth-order valence-electron chi connectivity index (χ4n) is 2.38. The number of hydrogen-bond acceptors (Lipinski definition) is 2. The third-order valence-electron chi connectivity index (χ3n) is 3.87. The molecule has 1 aromatic carbocycles. The maximum absolute atomic E-state index is 12.1. The Hall–Kier alpha value is -1.84. The zero-order valence-electron chi connectivity index (χ0n) is 12.2. The number of carbonyl (C=O) groups is 2. The van der Waals surface area contributed by atoms with Crippen molar-refractivity contribution in [3.8, 4) is 0 Å². The second-order valence-corrected chi connectivity index (χ2v) is 5.88. The van der Waals surface area contributed by atoms with Crippen LogP contribution in [-0.2, 0) is 16.1 Å². The summed E-state index contributed by atoms with van der Waals surface area (Å²) >= 11 is 0. The summed E-state index contributed by atoms with van der Waals surface area (Å²) < 4.78 is 0. The molecule has 1 aliphatic carbocycles. The van der Waals surface area contributed by atoms with Crippen molar-refractivity contribution in [2.45, 2.75) is 32.7 Å². The number of carboxylic acid groups (broad SMARTS) is 1. The van der Waals surface area contributed by atoms with E-state index in [1.807, 2.05) is 12.1 Å². The van der Waals surface area contributed by atoms with Gasteiger partial charge in [0.05, 0.1) is 11.8 Å². The molecule has 20 heavy (non-hydrogen) atoms. The van der Waals surface area contributed by atoms with Gasteiger partial charge in [-0.3, -0.25) is 9.59 Å². The molecule has 2 atom stereocenters. The quantitative estimate of drug-likeness (QED) is 0.898. The molecule has 1 fully saturated rings. The average molecular weight is 275 g/mol. The van der Waals surface area contributed by atoms with Gasteiger partial charge in [-0.15, -0.1) is 0 Å². The smallest absolute Gasteiger partial charge is 0.307 e.